The van der Waals surface area contributed by atoms with Crippen molar-refractivity contribution in [3.63, 3.8) is 0 Å². The molecule has 10 rings (SSSR count). The molecule has 0 amide bonds. The summed E-state index contributed by atoms with van der Waals surface area (Å²) in [5, 5.41) is 4.76. The van der Waals surface area contributed by atoms with Crippen molar-refractivity contribution in [1.82, 2.24) is 0 Å². The van der Waals surface area contributed by atoms with Crippen molar-refractivity contribution in [2.75, 3.05) is 4.90 Å². The van der Waals surface area contributed by atoms with Crippen LogP contribution in [0.25, 0.3) is 55.0 Å². The van der Waals surface area contributed by atoms with E-state index in [1.165, 1.54) is 75.2 Å². The molecule has 47 heavy (non-hydrogen) atoms. The maximum Gasteiger partial charge on any atom is 0.159 e. The highest BCUT2D eigenvalue weighted by molar-refractivity contribution is 6.21. The Hall–Kier alpha value is -5.60. The summed E-state index contributed by atoms with van der Waals surface area (Å²) < 4.78 is 6.80. The zero-order valence-corrected chi connectivity index (χ0v) is 26.1. The van der Waals surface area contributed by atoms with Crippen LogP contribution in [0.15, 0.2) is 156 Å². The third-order valence-electron chi connectivity index (χ3n) is 10.8. The predicted octanol–water partition coefficient (Wildman–Crippen LogP) is 12.7. The molecule has 2 heteroatoms. The van der Waals surface area contributed by atoms with Crippen LogP contribution in [0, 0.1) is 0 Å². The van der Waals surface area contributed by atoms with Gasteiger partial charge < -0.3 is 9.32 Å². The van der Waals surface area contributed by atoms with Crippen molar-refractivity contribution < 1.29 is 4.42 Å². The van der Waals surface area contributed by atoms with Crippen LogP contribution in [0.4, 0.5) is 17.1 Å². The highest BCUT2D eigenvalue weighted by Gasteiger charge is 2.45. The van der Waals surface area contributed by atoms with Gasteiger partial charge in [0.15, 0.2) is 5.58 Å². The van der Waals surface area contributed by atoms with E-state index in [0.717, 1.165) is 33.6 Å². The lowest BCUT2D eigenvalue weighted by Crippen LogP contribution is -2.21. The second-order valence-corrected chi connectivity index (χ2v) is 13.2. The lowest BCUT2D eigenvalue weighted by Gasteiger charge is -2.30. The highest BCUT2D eigenvalue weighted by Crippen LogP contribution is 2.58. The highest BCUT2D eigenvalue weighted by atomic mass is 16.3. The lowest BCUT2D eigenvalue weighted by atomic mass is 9.76. The number of benzene rings is 7. The maximum absolute atomic E-state index is 6.80. The van der Waals surface area contributed by atoms with Gasteiger partial charge in [0, 0.05) is 27.6 Å². The molecular weight excluding hydrogens is 571 g/mol. The zero-order chi connectivity index (χ0) is 31.0. The molecule has 2 aliphatic carbocycles. The third kappa shape index (κ3) is 3.91. The molecule has 224 valence electrons. The van der Waals surface area contributed by atoms with Gasteiger partial charge in [-0.3, -0.25) is 0 Å². The number of rotatable bonds is 4. The smallest absolute Gasteiger partial charge is 0.159 e. The van der Waals surface area contributed by atoms with Crippen LogP contribution in [-0.2, 0) is 5.41 Å². The van der Waals surface area contributed by atoms with E-state index in [4.69, 9.17) is 4.42 Å². The summed E-state index contributed by atoms with van der Waals surface area (Å²) in [5.41, 5.74) is 13.4. The summed E-state index contributed by atoms with van der Waals surface area (Å²) >= 11 is 0. The standard InChI is InChI=1S/C45H33NO/c1-2-11-30(12-3-1)31-19-22-33(23-20-31)46(34-24-25-37-36-15-6-7-17-39(36)45(40(37)29-34)27-8-9-28-45)41-18-10-16-38-43-35-14-5-4-13-32(35)21-26-42(43)47-44(38)41/h1-7,10-26,29H,8-9,27-28H2. The van der Waals surface area contributed by atoms with Gasteiger partial charge in [-0.1, -0.05) is 128 Å². The zero-order valence-electron chi connectivity index (χ0n) is 26.1. The van der Waals surface area contributed by atoms with Gasteiger partial charge in [0.1, 0.15) is 5.58 Å². The fraction of sp³-hybridized carbons (Fsp3) is 0.111. The molecule has 0 atom stereocenters. The molecule has 1 saturated carbocycles. The number of fused-ring (bicyclic) bond motifs is 10. The molecule has 0 aliphatic heterocycles. The normalized spacial score (nSPS) is 14.6. The molecule has 7 aromatic carbocycles. The number of para-hydroxylation sites is 1. The van der Waals surface area contributed by atoms with Crippen LogP contribution in [0.3, 0.4) is 0 Å². The second kappa shape index (κ2) is 10.2. The van der Waals surface area contributed by atoms with E-state index in [2.05, 4.69) is 157 Å². The first-order valence-electron chi connectivity index (χ1n) is 16.8. The quantitative estimate of drug-likeness (QED) is 0.199. The monoisotopic (exact) mass is 603 g/mol. The third-order valence-corrected chi connectivity index (χ3v) is 10.8. The van der Waals surface area contributed by atoms with Crippen LogP contribution < -0.4 is 4.90 Å². The minimum atomic E-state index is 0.0923. The molecule has 0 unspecified atom stereocenters. The van der Waals surface area contributed by atoms with Crippen LogP contribution in [0.5, 0.6) is 0 Å². The van der Waals surface area contributed by atoms with Crippen molar-refractivity contribution in [3.8, 4) is 22.3 Å². The van der Waals surface area contributed by atoms with E-state index in [1.807, 2.05) is 0 Å². The first-order valence-corrected chi connectivity index (χ1v) is 16.8. The molecule has 0 bridgehead atoms. The van der Waals surface area contributed by atoms with Crippen LogP contribution in [0.1, 0.15) is 36.8 Å². The molecule has 0 radical (unpaired) electrons. The van der Waals surface area contributed by atoms with Crippen molar-refractivity contribution >= 4 is 49.8 Å². The summed E-state index contributed by atoms with van der Waals surface area (Å²) in [5.74, 6) is 0. The first kappa shape index (κ1) is 26.6. The Bertz CT molecular complexity index is 2460. The number of nitrogens with zero attached hydrogens (tertiary/aromatic N) is 1. The van der Waals surface area contributed by atoms with E-state index in [0.29, 0.717) is 0 Å². The molecule has 1 fully saturated rings. The average Bonchev–Trinajstić information content (AvgIpc) is 3.85. The SMILES string of the molecule is c1ccc(-c2ccc(N(c3ccc4c(c3)C3(CCCC3)c3ccccc3-4)c3cccc4c3oc3ccc5ccccc5c34)cc2)cc1. The molecule has 1 spiro atoms. The Balaban J connectivity index is 1.21. The fourth-order valence-corrected chi connectivity index (χ4v) is 8.69. The lowest BCUT2D eigenvalue weighted by molar-refractivity contribution is 0.550. The van der Waals surface area contributed by atoms with Gasteiger partial charge in [-0.2, -0.15) is 0 Å². The Labute approximate surface area is 274 Å². The van der Waals surface area contributed by atoms with Gasteiger partial charge in [0.2, 0.25) is 0 Å². The minimum absolute atomic E-state index is 0.0923. The van der Waals surface area contributed by atoms with E-state index in [1.54, 1.807) is 0 Å². The molecule has 0 saturated heterocycles. The van der Waals surface area contributed by atoms with Crippen molar-refractivity contribution in [3.05, 3.63) is 163 Å². The maximum atomic E-state index is 6.80. The second-order valence-electron chi connectivity index (χ2n) is 13.2. The van der Waals surface area contributed by atoms with Gasteiger partial charge in [-0.25, -0.2) is 0 Å². The summed E-state index contributed by atoms with van der Waals surface area (Å²) in [4.78, 5) is 2.41. The first-order chi connectivity index (χ1) is 23.3. The van der Waals surface area contributed by atoms with Crippen molar-refractivity contribution in [2.45, 2.75) is 31.1 Å². The number of hydrogen-bond donors (Lipinski definition) is 0. The number of anilines is 3. The Morgan fingerprint density at radius 3 is 2.09 bits per heavy atom. The molecular formula is C45H33NO. The van der Waals surface area contributed by atoms with Gasteiger partial charge >= 0.3 is 0 Å². The summed E-state index contributed by atoms with van der Waals surface area (Å²) in [7, 11) is 0. The molecule has 1 aromatic heterocycles. The Morgan fingerprint density at radius 2 is 1.21 bits per heavy atom. The van der Waals surface area contributed by atoms with E-state index >= 15 is 0 Å². The van der Waals surface area contributed by atoms with Crippen LogP contribution in [-0.4, -0.2) is 0 Å². The Kier molecular flexibility index (Phi) is 5.77. The van der Waals surface area contributed by atoms with E-state index < -0.39 is 0 Å². The van der Waals surface area contributed by atoms with Crippen LogP contribution >= 0.6 is 0 Å². The number of furan rings is 1. The van der Waals surface area contributed by atoms with Crippen molar-refractivity contribution in [1.29, 1.82) is 0 Å². The average molecular weight is 604 g/mol. The van der Waals surface area contributed by atoms with Crippen LogP contribution in [0.2, 0.25) is 0 Å². The number of hydrogen-bond acceptors (Lipinski definition) is 2. The predicted molar refractivity (Wildman–Crippen MR) is 196 cm³/mol. The summed E-state index contributed by atoms with van der Waals surface area (Å²) in [6.45, 7) is 0. The molecule has 8 aromatic rings. The van der Waals surface area contributed by atoms with Gasteiger partial charge in [-0.05, 0) is 93.4 Å². The molecule has 0 N–H and O–H groups in total. The summed E-state index contributed by atoms with van der Waals surface area (Å²) in [6, 6.07) is 55.4. The van der Waals surface area contributed by atoms with Gasteiger partial charge in [0.25, 0.3) is 0 Å². The molecule has 2 nitrogen and oxygen atoms in total. The summed E-state index contributed by atoms with van der Waals surface area (Å²) in [6.07, 6.45) is 4.96. The van der Waals surface area contributed by atoms with Gasteiger partial charge in [-0.15, -0.1) is 0 Å². The van der Waals surface area contributed by atoms with E-state index in [-0.39, 0.29) is 5.41 Å². The molecule has 2 aliphatic rings. The fourth-order valence-electron chi connectivity index (χ4n) is 8.69. The van der Waals surface area contributed by atoms with Gasteiger partial charge in [0.05, 0.1) is 5.69 Å². The van der Waals surface area contributed by atoms with E-state index in [9.17, 15) is 0 Å². The molecule has 1 heterocycles. The largest absolute Gasteiger partial charge is 0.454 e. The topological polar surface area (TPSA) is 16.4 Å². The van der Waals surface area contributed by atoms with Crippen molar-refractivity contribution in [2.24, 2.45) is 0 Å². The Morgan fingerprint density at radius 1 is 0.511 bits per heavy atom. The minimum Gasteiger partial charge on any atom is -0.454 e.